The molecule has 0 atom stereocenters. The van der Waals surface area contributed by atoms with E-state index in [9.17, 15) is 4.79 Å². The van der Waals surface area contributed by atoms with Crippen molar-refractivity contribution in [2.24, 2.45) is 0 Å². The first-order chi connectivity index (χ1) is 8.33. The van der Waals surface area contributed by atoms with Gasteiger partial charge in [0.25, 0.3) is 0 Å². The minimum Gasteiger partial charge on any atom is -0.385 e. The van der Waals surface area contributed by atoms with Gasteiger partial charge in [-0.05, 0) is 25.8 Å². The lowest BCUT2D eigenvalue weighted by molar-refractivity contribution is 0.194. The summed E-state index contributed by atoms with van der Waals surface area (Å²) >= 11 is 0. The Labute approximate surface area is 101 Å². The zero-order valence-electron chi connectivity index (χ0n) is 10.4. The highest BCUT2D eigenvalue weighted by atomic mass is 16.5. The van der Waals surface area contributed by atoms with Crippen LogP contribution >= 0.6 is 0 Å². The van der Waals surface area contributed by atoms with E-state index >= 15 is 0 Å². The molecule has 0 unspecified atom stereocenters. The van der Waals surface area contributed by atoms with Crippen molar-refractivity contribution in [3.8, 4) is 0 Å². The van der Waals surface area contributed by atoms with E-state index < -0.39 is 0 Å². The monoisotopic (exact) mass is 239 g/mol. The summed E-state index contributed by atoms with van der Waals surface area (Å²) in [4.78, 5) is 11.9. The summed E-state index contributed by atoms with van der Waals surface area (Å²) in [6.07, 6.45) is 7.11. The molecule has 1 fully saturated rings. The normalized spacial score (nSPS) is 15.4. The van der Waals surface area contributed by atoms with Crippen molar-refractivity contribution in [3.63, 3.8) is 0 Å². The fraction of sp³-hybridized carbons (Fsp3) is 0.750. The Morgan fingerprint density at radius 3 is 2.94 bits per heavy atom. The molecule has 0 bridgehead atoms. The molecule has 5 heteroatoms. The standard InChI is InChI=1S/C12H21N3O2/c1-17-10-2-5-13-6-7-14-8-9-15(12(14)16)11-3-4-11/h8-9,11,13H,2-7,10H2,1H3. The molecular weight excluding hydrogens is 218 g/mol. The van der Waals surface area contributed by atoms with Crippen LogP contribution in [0.5, 0.6) is 0 Å². The number of aromatic nitrogens is 2. The second-order valence-corrected chi connectivity index (χ2v) is 4.51. The predicted octanol–water partition coefficient (Wildman–Crippen LogP) is 0.611. The van der Waals surface area contributed by atoms with Gasteiger partial charge in [-0.2, -0.15) is 0 Å². The SMILES string of the molecule is COCCCNCCn1ccn(C2CC2)c1=O. The molecule has 96 valence electrons. The van der Waals surface area contributed by atoms with E-state index in [1.54, 1.807) is 11.7 Å². The van der Waals surface area contributed by atoms with Gasteiger partial charge in [0.1, 0.15) is 0 Å². The molecule has 0 amide bonds. The van der Waals surface area contributed by atoms with Crippen molar-refractivity contribution >= 4 is 0 Å². The lowest BCUT2D eigenvalue weighted by atomic mass is 10.4. The number of hydrogen-bond donors (Lipinski definition) is 1. The van der Waals surface area contributed by atoms with Crippen LogP contribution < -0.4 is 11.0 Å². The van der Waals surface area contributed by atoms with Gasteiger partial charge in [0.2, 0.25) is 0 Å². The lowest BCUT2D eigenvalue weighted by Crippen LogP contribution is -2.28. The van der Waals surface area contributed by atoms with Gasteiger partial charge in [-0.15, -0.1) is 0 Å². The van der Waals surface area contributed by atoms with Gasteiger partial charge in [-0.25, -0.2) is 4.79 Å². The molecule has 1 aliphatic rings. The van der Waals surface area contributed by atoms with Crippen LogP contribution in [0.25, 0.3) is 0 Å². The highest BCUT2D eigenvalue weighted by Gasteiger charge is 2.25. The minimum atomic E-state index is 0.131. The van der Waals surface area contributed by atoms with Gasteiger partial charge < -0.3 is 10.1 Å². The first-order valence-corrected chi connectivity index (χ1v) is 6.30. The van der Waals surface area contributed by atoms with Crippen molar-refractivity contribution in [1.29, 1.82) is 0 Å². The molecule has 2 rings (SSSR count). The van der Waals surface area contributed by atoms with Crippen LogP contribution in [0.15, 0.2) is 17.2 Å². The van der Waals surface area contributed by atoms with Crippen molar-refractivity contribution in [2.45, 2.75) is 31.8 Å². The van der Waals surface area contributed by atoms with Crippen molar-refractivity contribution in [3.05, 3.63) is 22.9 Å². The summed E-state index contributed by atoms with van der Waals surface area (Å²) in [7, 11) is 1.71. The van der Waals surface area contributed by atoms with Gasteiger partial charge >= 0.3 is 5.69 Å². The Hall–Kier alpha value is -1.07. The Balaban J connectivity index is 1.70. The van der Waals surface area contributed by atoms with Crippen LogP contribution in [0.2, 0.25) is 0 Å². The number of ether oxygens (including phenoxy) is 1. The van der Waals surface area contributed by atoms with Crippen molar-refractivity contribution < 1.29 is 4.74 Å². The average Bonchev–Trinajstić information content (AvgIpc) is 3.10. The first-order valence-electron chi connectivity index (χ1n) is 6.30. The van der Waals surface area contributed by atoms with Gasteiger partial charge in [0.05, 0.1) is 0 Å². The van der Waals surface area contributed by atoms with E-state index in [1.807, 2.05) is 17.0 Å². The molecule has 0 saturated heterocycles. The fourth-order valence-electron chi connectivity index (χ4n) is 1.89. The number of nitrogens with one attached hydrogen (secondary N) is 1. The highest BCUT2D eigenvalue weighted by Crippen LogP contribution is 2.33. The summed E-state index contributed by atoms with van der Waals surface area (Å²) in [6, 6.07) is 0.471. The maximum absolute atomic E-state index is 11.9. The molecule has 0 spiro atoms. The number of hydrogen-bond acceptors (Lipinski definition) is 3. The van der Waals surface area contributed by atoms with Gasteiger partial charge in [-0.1, -0.05) is 0 Å². The van der Waals surface area contributed by atoms with Crippen molar-refractivity contribution in [2.75, 3.05) is 26.8 Å². The molecule has 1 saturated carbocycles. The number of rotatable bonds is 8. The van der Waals surface area contributed by atoms with Crippen LogP contribution in [0, 0.1) is 0 Å². The summed E-state index contributed by atoms with van der Waals surface area (Å²) in [5.41, 5.74) is 0.131. The second kappa shape index (κ2) is 6.02. The molecule has 1 heterocycles. The Morgan fingerprint density at radius 2 is 2.24 bits per heavy atom. The van der Waals surface area contributed by atoms with E-state index in [2.05, 4.69) is 5.32 Å². The third-order valence-electron chi connectivity index (χ3n) is 3.05. The second-order valence-electron chi connectivity index (χ2n) is 4.51. The van der Waals surface area contributed by atoms with E-state index in [1.165, 1.54) is 0 Å². The third-order valence-corrected chi connectivity index (χ3v) is 3.05. The van der Waals surface area contributed by atoms with Gasteiger partial charge in [-0.3, -0.25) is 9.13 Å². The zero-order valence-corrected chi connectivity index (χ0v) is 10.4. The van der Waals surface area contributed by atoms with Crippen LogP contribution in [0.1, 0.15) is 25.3 Å². The van der Waals surface area contributed by atoms with E-state index in [-0.39, 0.29) is 5.69 Å². The van der Waals surface area contributed by atoms with E-state index in [0.717, 1.165) is 45.5 Å². The average molecular weight is 239 g/mol. The van der Waals surface area contributed by atoms with Gasteiger partial charge in [0, 0.05) is 45.2 Å². The maximum atomic E-state index is 11.9. The Kier molecular flexibility index (Phi) is 4.39. The number of imidazole rings is 1. The topological polar surface area (TPSA) is 48.2 Å². The zero-order chi connectivity index (χ0) is 12.1. The van der Waals surface area contributed by atoms with Crippen LogP contribution in [-0.2, 0) is 11.3 Å². The van der Waals surface area contributed by atoms with Gasteiger partial charge in [0.15, 0.2) is 0 Å². The summed E-state index contributed by atoms with van der Waals surface area (Å²) in [5, 5.41) is 3.30. The highest BCUT2D eigenvalue weighted by molar-refractivity contribution is 4.91. The number of methoxy groups -OCH3 is 1. The predicted molar refractivity (Wildman–Crippen MR) is 66.3 cm³/mol. The molecule has 5 nitrogen and oxygen atoms in total. The molecule has 1 N–H and O–H groups in total. The quantitative estimate of drug-likeness (QED) is 0.676. The molecule has 1 aromatic heterocycles. The Bertz CT molecular complexity index is 393. The minimum absolute atomic E-state index is 0.131. The molecular formula is C12H21N3O2. The van der Waals surface area contributed by atoms with Crippen LogP contribution in [-0.4, -0.2) is 35.9 Å². The summed E-state index contributed by atoms with van der Waals surface area (Å²) in [5.74, 6) is 0. The molecule has 0 aromatic carbocycles. The van der Waals surface area contributed by atoms with Crippen molar-refractivity contribution in [1.82, 2.24) is 14.5 Å². The summed E-state index contributed by atoms with van der Waals surface area (Å²) in [6.45, 7) is 3.29. The Morgan fingerprint density at radius 1 is 1.41 bits per heavy atom. The summed E-state index contributed by atoms with van der Waals surface area (Å²) < 4.78 is 8.60. The third kappa shape index (κ3) is 3.44. The smallest absolute Gasteiger partial charge is 0.328 e. The first kappa shape index (κ1) is 12.4. The van der Waals surface area contributed by atoms with Crippen LogP contribution in [0.3, 0.4) is 0 Å². The molecule has 0 aliphatic heterocycles. The molecule has 1 aromatic rings. The maximum Gasteiger partial charge on any atom is 0.328 e. The molecule has 17 heavy (non-hydrogen) atoms. The fourth-order valence-corrected chi connectivity index (χ4v) is 1.89. The van der Waals surface area contributed by atoms with Crippen LogP contribution in [0.4, 0.5) is 0 Å². The molecule has 1 aliphatic carbocycles. The molecule has 0 radical (unpaired) electrons. The largest absolute Gasteiger partial charge is 0.385 e. The lowest BCUT2D eigenvalue weighted by Gasteiger charge is -2.04. The number of nitrogens with zero attached hydrogens (tertiary/aromatic N) is 2. The van der Waals surface area contributed by atoms with E-state index in [4.69, 9.17) is 4.74 Å². The van der Waals surface area contributed by atoms with E-state index in [0.29, 0.717) is 6.04 Å².